The molecule has 1 saturated heterocycles. The molecule has 1 aliphatic rings. The van der Waals surface area contributed by atoms with Crippen LogP contribution in [0.4, 0.5) is 11.8 Å². The van der Waals surface area contributed by atoms with Crippen LogP contribution in [0.25, 0.3) is 11.2 Å². The maximum Gasteiger partial charge on any atom is 0.228 e. The zero-order valence-corrected chi connectivity index (χ0v) is 13.8. The average Bonchev–Trinajstić information content (AvgIpc) is 2.92. The third-order valence-corrected chi connectivity index (χ3v) is 4.65. The lowest BCUT2D eigenvalue weighted by Gasteiger charge is -2.17. The molecule has 3 rings (SSSR count). The Morgan fingerprint density at radius 1 is 1.46 bits per heavy atom. The highest BCUT2D eigenvalue weighted by Gasteiger charge is 2.33. The number of fused-ring (bicyclic) bond motifs is 1. The maximum atomic E-state index is 12.4. The summed E-state index contributed by atoms with van der Waals surface area (Å²) >= 11 is 1.20. The molecular weight excluding hydrogens is 332 g/mol. The molecule has 10 heteroatoms. The molecule has 0 aromatic carbocycles. The second-order valence-electron chi connectivity index (χ2n) is 5.47. The average molecular weight is 348 g/mol. The Kier molecular flexibility index (Phi) is 4.58. The van der Waals surface area contributed by atoms with E-state index in [9.17, 15) is 14.7 Å². The lowest BCUT2D eigenvalue weighted by atomic mass is 10.1. The summed E-state index contributed by atoms with van der Waals surface area (Å²) in [7, 11) is 0. The van der Waals surface area contributed by atoms with Crippen molar-refractivity contribution in [3.05, 3.63) is 11.9 Å². The minimum Gasteiger partial charge on any atom is -0.390 e. The summed E-state index contributed by atoms with van der Waals surface area (Å²) in [6.07, 6.45) is 1.73. The molecule has 0 spiro atoms. The number of carbonyl (C=O) groups excluding carboxylic acids is 2. The number of thioether (sulfide) groups is 1. The minimum atomic E-state index is -0.279. The number of aliphatic hydroxyl groups is 1. The molecule has 1 aliphatic heterocycles. The smallest absolute Gasteiger partial charge is 0.228 e. The number of aromatic nitrogens is 4. The van der Waals surface area contributed by atoms with Gasteiger partial charge >= 0.3 is 0 Å². The first-order chi connectivity index (χ1) is 11.5. The van der Waals surface area contributed by atoms with Crippen molar-refractivity contribution >= 4 is 45.7 Å². The highest BCUT2D eigenvalue weighted by molar-refractivity contribution is 8.13. The number of carbonyl (C=O) groups is 2. The van der Waals surface area contributed by atoms with Crippen molar-refractivity contribution in [2.75, 3.05) is 22.9 Å². The Bertz CT molecular complexity index is 814. The number of rotatable bonds is 4. The Balaban J connectivity index is 1.96. The van der Waals surface area contributed by atoms with Crippen LogP contribution in [0, 0.1) is 5.92 Å². The normalized spacial score (nSPS) is 17.7. The number of nitrogen functional groups attached to an aromatic ring is 1. The van der Waals surface area contributed by atoms with E-state index in [0.29, 0.717) is 35.7 Å². The van der Waals surface area contributed by atoms with Crippen LogP contribution < -0.4 is 10.6 Å². The second kappa shape index (κ2) is 6.65. The van der Waals surface area contributed by atoms with Gasteiger partial charge in [0.15, 0.2) is 22.1 Å². The monoisotopic (exact) mass is 348 g/mol. The van der Waals surface area contributed by atoms with Crippen LogP contribution in [0.15, 0.2) is 6.20 Å². The van der Waals surface area contributed by atoms with Gasteiger partial charge in [0.25, 0.3) is 0 Å². The molecule has 0 radical (unpaired) electrons. The zero-order valence-electron chi connectivity index (χ0n) is 13.0. The van der Waals surface area contributed by atoms with Crippen LogP contribution in [0.1, 0.15) is 19.0 Å². The fraction of sp³-hybridized carbons (Fsp3) is 0.429. The molecule has 1 amide bonds. The Labute approximate surface area is 141 Å². The molecule has 24 heavy (non-hydrogen) atoms. The predicted octanol–water partition coefficient (Wildman–Crippen LogP) is 0.127. The van der Waals surface area contributed by atoms with Crippen molar-refractivity contribution in [1.29, 1.82) is 0 Å². The highest BCUT2D eigenvalue weighted by atomic mass is 32.2. The first kappa shape index (κ1) is 16.5. The zero-order chi connectivity index (χ0) is 17.3. The van der Waals surface area contributed by atoms with Crippen LogP contribution in [0.3, 0.4) is 0 Å². The summed E-state index contributed by atoms with van der Waals surface area (Å²) in [5, 5.41) is 9.26. The molecule has 1 atom stereocenters. The molecule has 1 fully saturated rings. The summed E-state index contributed by atoms with van der Waals surface area (Å²) in [5.41, 5.74) is 6.66. The van der Waals surface area contributed by atoms with Crippen molar-refractivity contribution in [1.82, 2.24) is 19.9 Å². The number of anilines is 2. The number of hydrogen-bond acceptors (Lipinski definition) is 9. The van der Waals surface area contributed by atoms with Crippen LogP contribution in [-0.4, -0.2) is 48.4 Å². The van der Waals surface area contributed by atoms with Gasteiger partial charge in [-0.3, -0.25) is 14.5 Å². The fourth-order valence-electron chi connectivity index (χ4n) is 2.54. The molecule has 0 saturated carbocycles. The molecule has 1 unspecified atom stereocenters. The fourth-order valence-corrected chi connectivity index (χ4v) is 3.24. The van der Waals surface area contributed by atoms with Gasteiger partial charge in [0.05, 0.1) is 18.5 Å². The van der Waals surface area contributed by atoms with Crippen LogP contribution >= 0.6 is 11.8 Å². The summed E-state index contributed by atoms with van der Waals surface area (Å²) in [5.74, 6) is 0.800. The lowest BCUT2D eigenvalue weighted by Crippen LogP contribution is -2.27. The topological polar surface area (TPSA) is 135 Å². The van der Waals surface area contributed by atoms with E-state index in [1.807, 2.05) is 0 Å². The number of amides is 1. The van der Waals surface area contributed by atoms with Crippen molar-refractivity contribution in [3.8, 4) is 0 Å². The molecule has 2 aromatic rings. The number of nitrogens with zero attached hydrogens (tertiary/aromatic N) is 5. The van der Waals surface area contributed by atoms with E-state index in [2.05, 4.69) is 19.9 Å². The largest absolute Gasteiger partial charge is 0.390 e. The molecule has 126 valence electrons. The molecular formula is C14H16N6O3S. The molecule has 2 aromatic heterocycles. The summed E-state index contributed by atoms with van der Waals surface area (Å²) in [6.45, 7) is 1.65. The van der Waals surface area contributed by atoms with E-state index in [-0.39, 0.29) is 35.1 Å². The second-order valence-corrected chi connectivity index (χ2v) is 6.67. The lowest BCUT2D eigenvalue weighted by molar-refractivity contribution is -0.117. The van der Waals surface area contributed by atoms with Gasteiger partial charge in [-0.05, 0) is 5.92 Å². The standard InChI is InChI=1S/C14H16N6O3S/c1-7(22)24-6-8-2-10(23)20(4-8)13-11-12(18-14(15)19-13)16-3-9(5-21)17-11/h3,8,21H,2,4-6H2,1H3,(H2,15,16,18,19). The van der Waals surface area contributed by atoms with Crippen LogP contribution in [-0.2, 0) is 16.2 Å². The number of aliphatic hydroxyl groups excluding tert-OH is 1. The minimum absolute atomic E-state index is 0.00194. The Hall–Kier alpha value is -2.33. The molecule has 0 aliphatic carbocycles. The maximum absolute atomic E-state index is 12.4. The Morgan fingerprint density at radius 2 is 2.25 bits per heavy atom. The number of nitrogens with two attached hydrogens (primary N) is 1. The van der Waals surface area contributed by atoms with Crippen molar-refractivity contribution < 1.29 is 14.7 Å². The van der Waals surface area contributed by atoms with Crippen LogP contribution in [0.5, 0.6) is 0 Å². The van der Waals surface area contributed by atoms with Crippen molar-refractivity contribution in [2.24, 2.45) is 5.92 Å². The first-order valence-corrected chi connectivity index (χ1v) is 8.30. The molecule has 3 heterocycles. The van der Waals surface area contributed by atoms with Crippen LogP contribution in [0.2, 0.25) is 0 Å². The predicted molar refractivity (Wildman–Crippen MR) is 89.1 cm³/mol. The van der Waals surface area contributed by atoms with Gasteiger partial charge in [0, 0.05) is 25.6 Å². The molecule has 9 nitrogen and oxygen atoms in total. The SMILES string of the molecule is CC(=O)SCC1CC(=O)N(c2nc(N)nc3ncc(CO)nc23)C1. The number of hydrogen-bond donors (Lipinski definition) is 2. The Morgan fingerprint density at radius 3 is 2.96 bits per heavy atom. The summed E-state index contributed by atoms with van der Waals surface area (Å²) in [6, 6.07) is 0. The van der Waals surface area contributed by atoms with E-state index >= 15 is 0 Å². The summed E-state index contributed by atoms with van der Waals surface area (Å²) < 4.78 is 0. The third-order valence-electron chi connectivity index (χ3n) is 3.60. The van der Waals surface area contributed by atoms with Gasteiger partial charge in [-0.2, -0.15) is 9.97 Å². The highest BCUT2D eigenvalue weighted by Crippen LogP contribution is 2.30. The third kappa shape index (κ3) is 3.29. The quantitative estimate of drug-likeness (QED) is 0.790. The van der Waals surface area contributed by atoms with E-state index in [4.69, 9.17) is 5.73 Å². The van der Waals surface area contributed by atoms with E-state index < -0.39 is 0 Å². The van der Waals surface area contributed by atoms with Gasteiger partial charge in [-0.15, -0.1) is 0 Å². The van der Waals surface area contributed by atoms with E-state index in [1.54, 1.807) is 0 Å². The van der Waals surface area contributed by atoms with Gasteiger partial charge in [0.2, 0.25) is 11.9 Å². The van der Waals surface area contributed by atoms with E-state index in [0.717, 1.165) is 0 Å². The van der Waals surface area contributed by atoms with E-state index in [1.165, 1.54) is 29.8 Å². The van der Waals surface area contributed by atoms with Gasteiger partial charge in [0.1, 0.15) is 0 Å². The van der Waals surface area contributed by atoms with Crippen molar-refractivity contribution in [2.45, 2.75) is 20.0 Å². The van der Waals surface area contributed by atoms with Gasteiger partial charge in [-0.25, -0.2) is 9.97 Å². The van der Waals surface area contributed by atoms with Gasteiger partial charge in [-0.1, -0.05) is 11.8 Å². The first-order valence-electron chi connectivity index (χ1n) is 7.31. The molecule has 0 bridgehead atoms. The summed E-state index contributed by atoms with van der Waals surface area (Å²) in [4.78, 5) is 41.5. The van der Waals surface area contributed by atoms with Crippen molar-refractivity contribution in [3.63, 3.8) is 0 Å². The molecule has 3 N–H and O–H groups in total. The van der Waals surface area contributed by atoms with Gasteiger partial charge < -0.3 is 10.8 Å².